The van der Waals surface area contributed by atoms with Gasteiger partial charge in [-0.25, -0.2) is 9.69 Å². The van der Waals surface area contributed by atoms with Crippen LogP contribution < -0.4 is 4.90 Å². The highest BCUT2D eigenvalue weighted by atomic mass is 16.6. The number of aldehydes is 1. The van der Waals surface area contributed by atoms with Crippen molar-refractivity contribution in [2.24, 2.45) is 11.8 Å². The Labute approximate surface area is 246 Å². The van der Waals surface area contributed by atoms with Gasteiger partial charge in [0.15, 0.2) is 0 Å². The maximum absolute atomic E-state index is 15.1. The highest BCUT2D eigenvalue weighted by molar-refractivity contribution is 6.23. The molecule has 42 heavy (non-hydrogen) atoms. The largest absolute Gasteiger partial charge is 0.466 e. The fraction of sp³-hybridized carbons (Fsp3) is 0.314. The van der Waals surface area contributed by atoms with Gasteiger partial charge in [0, 0.05) is 5.92 Å². The Morgan fingerprint density at radius 1 is 0.929 bits per heavy atom. The maximum Gasteiger partial charge on any atom is 0.421 e. The lowest BCUT2D eigenvalue weighted by Gasteiger charge is -2.47. The van der Waals surface area contributed by atoms with Crippen LogP contribution in [0.5, 0.6) is 0 Å². The number of hydrogen-bond donors (Lipinski definition) is 0. The van der Waals surface area contributed by atoms with Crippen LogP contribution in [0, 0.1) is 11.8 Å². The molecule has 3 aromatic rings. The highest BCUT2D eigenvalue weighted by Gasteiger charge is 2.67. The van der Waals surface area contributed by atoms with Crippen molar-refractivity contribution in [2.75, 3.05) is 11.5 Å². The Hall–Kier alpha value is -4.52. The minimum atomic E-state index is -1.66. The van der Waals surface area contributed by atoms with Crippen molar-refractivity contribution in [1.82, 2.24) is 0 Å². The molecule has 0 saturated heterocycles. The van der Waals surface area contributed by atoms with Crippen LogP contribution in [0.4, 0.5) is 10.5 Å². The molecular weight excluding hydrogens is 530 g/mol. The summed E-state index contributed by atoms with van der Waals surface area (Å²) < 4.78 is 11.4. The molecule has 0 N–H and O–H groups in total. The number of hydrogen-bond acceptors (Lipinski definition) is 6. The van der Waals surface area contributed by atoms with Crippen LogP contribution in [0.3, 0.4) is 0 Å². The van der Waals surface area contributed by atoms with Gasteiger partial charge in [-0.3, -0.25) is 14.4 Å². The first-order chi connectivity index (χ1) is 20.1. The molecule has 0 bridgehead atoms. The van der Waals surface area contributed by atoms with Crippen LogP contribution in [-0.2, 0) is 35.7 Å². The zero-order chi connectivity index (χ0) is 30.1. The van der Waals surface area contributed by atoms with Crippen molar-refractivity contribution in [1.29, 1.82) is 0 Å². The molecule has 1 aliphatic carbocycles. The van der Waals surface area contributed by atoms with Crippen molar-refractivity contribution in [3.05, 3.63) is 113 Å². The average Bonchev–Trinajstić information content (AvgIpc) is 3.21. The van der Waals surface area contributed by atoms with E-state index in [0.717, 1.165) is 16.7 Å². The number of allylic oxidation sites excluding steroid dienone is 2. The standard InChI is InChI=1S/C35H35NO6/c1-5-41-31(38)30-25(20-23-14-8-6-9-15-23)21-26(22-37)29(24-16-10-7-11-17-24)35(30)27-18-12-13-19-28(27)36(32(35)39)33(40)42-34(2,3)4/h6-19,21-22,25,29-30H,5,20H2,1-4H3. The minimum absolute atomic E-state index is 0.106. The Bertz CT molecular complexity index is 1520. The number of nitrogens with zero attached hydrogens (tertiary/aromatic N) is 1. The van der Waals surface area contributed by atoms with Crippen molar-refractivity contribution < 1.29 is 28.7 Å². The van der Waals surface area contributed by atoms with Gasteiger partial charge in [0.1, 0.15) is 17.3 Å². The summed E-state index contributed by atoms with van der Waals surface area (Å²) in [6.45, 7) is 7.01. The normalized spacial score (nSPS) is 23.2. The first kappa shape index (κ1) is 29.0. The van der Waals surface area contributed by atoms with E-state index in [2.05, 4.69) is 0 Å². The molecule has 0 saturated carbocycles. The summed E-state index contributed by atoms with van der Waals surface area (Å²) in [5, 5.41) is 0. The van der Waals surface area contributed by atoms with Crippen LogP contribution in [-0.4, -0.2) is 36.5 Å². The predicted octanol–water partition coefficient (Wildman–Crippen LogP) is 6.17. The van der Waals surface area contributed by atoms with Gasteiger partial charge in [-0.2, -0.15) is 0 Å². The number of para-hydroxylation sites is 1. The molecule has 0 radical (unpaired) electrons. The summed E-state index contributed by atoms with van der Waals surface area (Å²) in [5.41, 5.74) is 0.267. The zero-order valence-electron chi connectivity index (χ0n) is 24.3. The topological polar surface area (TPSA) is 90.0 Å². The Morgan fingerprint density at radius 2 is 1.55 bits per heavy atom. The summed E-state index contributed by atoms with van der Waals surface area (Å²) in [6, 6.07) is 25.8. The number of esters is 1. The van der Waals surface area contributed by atoms with Crippen molar-refractivity contribution in [3.63, 3.8) is 0 Å². The number of carbonyl (C=O) groups is 4. The lowest BCUT2D eigenvalue weighted by Crippen LogP contribution is -2.58. The van der Waals surface area contributed by atoms with Crippen molar-refractivity contribution in [2.45, 2.75) is 51.0 Å². The van der Waals surface area contributed by atoms with E-state index in [-0.39, 0.29) is 6.61 Å². The number of carbonyl (C=O) groups excluding carboxylic acids is 4. The van der Waals surface area contributed by atoms with E-state index in [1.54, 1.807) is 52.0 Å². The van der Waals surface area contributed by atoms with Gasteiger partial charge in [-0.15, -0.1) is 0 Å². The van der Waals surface area contributed by atoms with Gasteiger partial charge in [0.2, 0.25) is 5.91 Å². The van der Waals surface area contributed by atoms with Crippen LogP contribution in [0.2, 0.25) is 0 Å². The zero-order valence-corrected chi connectivity index (χ0v) is 24.3. The van der Waals surface area contributed by atoms with Crippen LogP contribution in [0.25, 0.3) is 0 Å². The van der Waals surface area contributed by atoms with Crippen molar-refractivity contribution >= 4 is 29.9 Å². The quantitative estimate of drug-likeness (QED) is 0.262. The van der Waals surface area contributed by atoms with E-state index in [9.17, 15) is 14.4 Å². The predicted molar refractivity (Wildman–Crippen MR) is 159 cm³/mol. The molecule has 1 heterocycles. The van der Waals surface area contributed by atoms with Gasteiger partial charge in [0.25, 0.3) is 0 Å². The highest BCUT2D eigenvalue weighted by Crippen LogP contribution is 2.61. The summed E-state index contributed by atoms with van der Waals surface area (Å²) >= 11 is 0. The molecule has 7 nitrogen and oxygen atoms in total. The molecule has 1 spiro atoms. The second-order valence-electron chi connectivity index (χ2n) is 11.7. The van der Waals surface area contributed by atoms with Gasteiger partial charge in [-0.1, -0.05) is 84.9 Å². The van der Waals surface area contributed by atoms with Gasteiger partial charge in [-0.05, 0) is 68.4 Å². The van der Waals surface area contributed by atoms with Crippen molar-refractivity contribution in [3.8, 4) is 0 Å². The number of amides is 2. The number of benzene rings is 3. The first-order valence-corrected chi connectivity index (χ1v) is 14.2. The van der Waals surface area contributed by atoms with E-state index < -0.39 is 46.7 Å². The van der Waals surface area contributed by atoms with Crippen LogP contribution in [0.15, 0.2) is 96.6 Å². The SMILES string of the molecule is CCOC(=O)C1C(Cc2ccccc2)C=C(C=O)C(c2ccccc2)C12C(=O)N(C(=O)OC(C)(C)C)c1ccccc12. The van der Waals surface area contributed by atoms with E-state index >= 15 is 4.79 Å². The first-order valence-electron chi connectivity index (χ1n) is 14.2. The van der Waals surface area contributed by atoms with Crippen LogP contribution >= 0.6 is 0 Å². The third kappa shape index (κ3) is 4.93. The Morgan fingerprint density at radius 3 is 2.17 bits per heavy atom. The van der Waals surface area contributed by atoms with E-state index in [0.29, 0.717) is 28.8 Å². The number of fused-ring (bicyclic) bond motifs is 2. The summed E-state index contributed by atoms with van der Waals surface area (Å²) in [4.78, 5) is 56.9. The fourth-order valence-corrected chi connectivity index (χ4v) is 6.58. The monoisotopic (exact) mass is 565 g/mol. The maximum atomic E-state index is 15.1. The number of anilines is 1. The summed E-state index contributed by atoms with van der Waals surface area (Å²) in [5.74, 6) is -3.67. The number of imide groups is 1. The molecule has 216 valence electrons. The molecule has 4 atom stereocenters. The Kier molecular flexibility index (Phi) is 7.87. The molecule has 0 fully saturated rings. The van der Waals surface area contributed by atoms with Gasteiger partial charge < -0.3 is 9.47 Å². The average molecular weight is 566 g/mol. The lowest BCUT2D eigenvalue weighted by molar-refractivity contribution is -0.156. The third-order valence-electron chi connectivity index (χ3n) is 7.96. The molecular formula is C35H35NO6. The summed E-state index contributed by atoms with van der Waals surface area (Å²) in [7, 11) is 0. The molecule has 5 rings (SSSR count). The molecule has 0 aromatic heterocycles. The number of rotatable bonds is 6. The smallest absolute Gasteiger partial charge is 0.421 e. The molecule has 3 aromatic carbocycles. The van der Waals surface area contributed by atoms with Gasteiger partial charge >= 0.3 is 12.1 Å². The van der Waals surface area contributed by atoms with E-state index in [1.165, 1.54) is 0 Å². The number of ether oxygens (including phenoxy) is 2. The fourth-order valence-electron chi connectivity index (χ4n) is 6.58. The van der Waals surface area contributed by atoms with E-state index in [4.69, 9.17) is 9.47 Å². The molecule has 2 aliphatic rings. The van der Waals surface area contributed by atoms with Gasteiger partial charge in [0.05, 0.1) is 18.2 Å². The molecule has 4 unspecified atom stereocenters. The lowest BCUT2D eigenvalue weighted by atomic mass is 9.52. The van der Waals surface area contributed by atoms with E-state index in [1.807, 2.05) is 66.7 Å². The summed E-state index contributed by atoms with van der Waals surface area (Å²) in [6.07, 6.45) is 2.13. The van der Waals surface area contributed by atoms with Crippen LogP contribution in [0.1, 0.15) is 50.3 Å². The molecule has 7 heteroatoms. The second kappa shape index (κ2) is 11.4. The minimum Gasteiger partial charge on any atom is -0.466 e. The third-order valence-corrected chi connectivity index (χ3v) is 7.96. The molecule has 1 aliphatic heterocycles. The molecule has 2 amide bonds. The Balaban J connectivity index is 1.84. The second-order valence-corrected chi connectivity index (χ2v) is 11.7.